The number of benzene rings is 1. The maximum absolute atomic E-state index is 12.2. The van der Waals surface area contributed by atoms with Crippen molar-refractivity contribution in [2.24, 2.45) is 0 Å². The van der Waals surface area contributed by atoms with Crippen LogP contribution in [0.1, 0.15) is 0 Å². The van der Waals surface area contributed by atoms with Gasteiger partial charge in [0.1, 0.15) is 6.33 Å². The number of tetrazole rings is 1. The third kappa shape index (κ3) is 3.01. The topological polar surface area (TPSA) is 155 Å². The first-order chi connectivity index (χ1) is 11.0. The number of hydrogen-bond acceptors (Lipinski definition) is 7. The zero-order valence-electron chi connectivity index (χ0n) is 11.3. The van der Waals surface area contributed by atoms with E-state index >= 15 is 0 Å². The van der Waals surface area contributed by atoms with Crippen molar-refractivity contribution >= 4 is 15.7 Å². The van der Waals surface area contributed by atoms with Gasteiger partial charge in [-0.05, 0) is 28.6 Å². The molecular weight excluding hydrogens is 326 g/mol. The highest BCUT2D eigenvalue weighted by molar-refractivity contribution is 7.92. The maximum atomic E-state index is 12.2. The van der Waals surface area contributed by atoms with Gasteiger partial charge in [-0.2, -0.15) is 0 Å². The normalized spacial score (nSPS) is 11.3. The molecule has 3 rings (SSSR count). The van der Waals surface area contributed by atoms with Gasteiger partial charge in [-0.1, -0.05) is 6.07 Å². The summed E-state index contributed by atoms with van der Waals surface area (Å²) in [5.74, 6) is 0. The number of sulfonamides is 1. The Hall–Kier alpha value is -3.28. The van der Waals surface area contributed by atoms with Crippen LogP contribution in [-0.2, 0) is 10.0 Å². The molecule has 0 aliphatic rings. The molecule has 0 amide bonds. The molecule has 3 aromatic rings. The largest absolute Gasteiger partial charge is 0.325 e. The zero-order valence-corrected chi connectivity index (χ0v) is 12.1. The van der Waals surface area contributed by atoms with E-state index in [1.54, 1.807) is 12.1 Å². The monoisotopic (exact) mass is 335 g/mol. The summed E-state index contributed by atoms with van der Waals surface area (Å²) >= 11 is 0. The van der Waals surface area contributed by atoms with Crippen LogP contribution in [0.3, 0.4) is 0 Å². The number of hydrogen-bond donors (Lipinski definition) is 3. The molecule has 118 valence electrons. The summed E-state index contributed by atoms with van der Waals surface area (Å²) in [4.78, 5) is 25.9. The third-order valence-corrected chi connectivity index (χ3v) is 4.17. The molecule has 0 unspecified atom stereocenters. The molecule has 0 fully saturated rings. The average Bonchev–Trinajstić information content (AvgIpc) is 3.00. The van der Waals surface area contributed by atoms with Crippen LogP contribution < -0.4 is 16.0 Å². The minimum Gasteiger partial charge on any atom is -0.313 e. The van der Waals surface area contributed by atoms with Crippen molar-refractivity contribution in [3.05, 3.63) is 57.6 Å². The van der Waals surface area contributed by atoms with Crippen molar-refractivity contribution in [3.63, 3.8) is 0 Å². The summed E-state index contributed by atoms with van der Waals surface area (Å²) in [7, 11) is -4.17. The van der Waals surface area contributed by atoms with Crippen molar-refractivity contribution < 1.29 is 8.42 Å². The summed E-state index contributed by atoms with van der Waals surface area (Å²) < 4.78 is 28.0. The van der Waals surface area contributed by atoms with Crippen molar-refractivity contribution in [1.82, 2.24) is 30.2 Å². The molecule has 0 aliphatic carbocycles. The molecule has 0 spiro atoms. The summed E-state index contributed by atoms with van der Waals surface area (Å²) in [6, 6.07) is 6.23. The van der Waals surface area contributed by atoms with Gasteiger partial charge in [-0.25, -0.2) is 17.9 Å². The lowest BCUT2D eigenvalue weighted by atomic mass is 10.3. The lowest BCUT2D eigenvalue weighted by molar-refractivity contribution is 0.599. The van der Waals surface area contributed by atoms with E-state index in [-0.39, 0.29) is 5.69 Å². The number of aromatic nitrogens is 6. The van der Waals surface area contributed by atoms with Crippen molar-refractivity contribution in [2.45, 2.75) is 4.90 Å². The van der Waals surface area contributed by atoms with Crippen LogP contribution in [0.25, 0.3) is 5.69 Å². The predicted octanol–water partition coefficient (Wildman–Crippen LogP) is -1.16. The van der Waals surface area contributed by atoms with Gasteiger partial charge in [-0.15, -0.1) is 5.10 Å². The molecule has 2 heterocycles. The number of nitrogens with one attached hydrogen (secondary N) is 3. The van der Waals surface area contributed by atoms with Crippen LogP contribution in [0.4, 0.5) is 5.69 Å². The SMILES string of the molecule is O=c1[nH]cc(S(=O)(=O)Nc2cccc(-n3cnnn3)c2)c(=O)[nH]1. The lowest BCUT2D eigenvalue weighted by Gasteiger charge is -2.08. The van der Waals surface area contributed by atoms with Crippen LogP contribution in [0, 0.1) is 0 Å². The van der Waals surface area contributed by atoms with Gasteiger partial charge in [0.2, 0.25) is 0 Å². The first-order valence-corrected chi connectivity index (χ1v) is 7.62. The van der Waals surface area contributed by atoms with Gasteiger partial charge in [0, 0.05) is 6.20 Å². The molecule has 11 nitrogen and oxygen atoms in total. The molecule has 1 aromatic carbocycles. The number of rotatable bonds is 4. The standard InChI is InChI=1S/C11H9N7O4S/c19-10-9(5-12-11(20)14-10)23(21,22)15-7-2-1-3-8(4-7)18-6-13-16-17-18/h1-6,15H,(H2,12,14,19,20). The average molecular weight is 335 g/mol. The molecule has 23 heavy (non-hydrogen) atoms. The fraction of sp³-hybridized carbons (Fsp3) is 0. The van der Waals surface area contributed by atoms with Crippen molar-refractivity contribution in [2.75, 3.05) is 4.72 Å². The first-order valence-electron chi connectivity index (χ1n) is 6.14. The van der Waals surface area contributed by atoms with Crippen LogP contribution in [0.5, 0.6) is 0 Å². The van der Waals surface area contributed by atoms with Crippen LogP contribution in [0.15, 0.2) is 51.3 Å². The molecule has 0 bridgehead atoms. The summed E-state index contributed by atoms with van der Waals surface area (Å²) in [5.41, 5.74) is -1.10. The zero-order chi connectivity index (χ0) is 16.4. The van der Waals surface area contributed by atoms with E-state index in [1.807, 2.05) is 4.98 Å². The second-order valence-corrected chi connectivity index (χ2v) is 6.00. The van der Waals surface area contributed by atoms with E-state index in [0.717, 1.165) is 6.20 Å². The minimum absolute atomic E-state index is 0.198. The molecular formula is C11H9N7O4S. The summed E-state index contributed by atoms with van der Waals surface area (Å²) in [6.45, 7) is 0. The summed E-state index contributed by atoms with van der Waals surface area (Å²) in [5, 5.41) is 10.7. The predicted molar refractivity (Wildman–Crippen MR) is 77.6 cm³/mol. The van der Waals surface area contributed by atoms with Crippen molar-refractivity contribution in [3.8, 4) is 5.69 Å². The van der Waals surface area contributed by atoms with E-state index in [1.165, 1.54) is 23.1 Å². The van der Waals surface area contributed by atoms with Gasteiger partial charge in [0.05, 0.1) is 11.4 Å². The minimum atomic E-state index is -4.17. The number of aromatic amines is 2. The highest BCUT2D eigenvalue weighted by atomic mass is 32.2. The third-order valence-electron chi connectivity index (χ3n) is 2.79. The molecule has 12 heteroatoms. The molecule has 3 N–H and O–H groups in total. The van der Waals surface area contributed by atoms with Crippen LogP contribution >= 0.6 is 0 Å². The molecule has 0 aliphatic heterocycles. The highest BCUT2D eigenvalue weighted by Gasteiger charge is 2.19. The Balaban J connectivity index is 1.96. The van der Waals surface area contributed by atoms with Gasteiger partial charge in [0.25, 0.3) is 15.6 Å². The van der Waals surface area contributed by atoms with E-state index in [9.17, 15) is 18.0 Å². The Kier molecular flexibility index (Phi) is 3.50. The van der Waals surface area contributed by atoms with Gasteiger partial charge in [-0.3, -0.25) is 14.5 Å². The van der Waals surface area contributed by atoms with E-state index in [4.69, 9.17) is 0 Å². The Morgan fingerprint density at radius 3 is 2.74 bits per heavy atom. The Morgan fingerprint density at radius 1 is 1.22 bits per heavy atom. The van der Waals surface area contributed by atoms with E-state index in [0.29, 0.717) is 5.69 Å². The van der Waals surface area contributed by atoms with Gasteiger partial charge < -0.3 is 4.98 Å². The summed E-state index contributed by atoms with van der Waals surface area (Å²) in [6.07, 6.45) is 2.18. The number of nitrogens with zero attached hydrogens (tertiary/aromatic N) is 4. The highest BCUT2D eigenvalue weighted by Crippen LogP contribution is 2.16. The fourth-order valence-corrected chi connectivity index (χ4v) is 2.86. The molecule has 0 atom stereocenters. The van der Waals surface area contributed by atoms with Gasteiger partial charge in [0.15, 0.2) is 4.90 Å². The first kappa shape index (κ1) is 14.6. The van der Waals surface area contributed by atoms with Gasteiger partial charge >= 0.3 is 5.69 Å². The number of anilines is 1. The molecule has 0 saturated heterocycles. The molecule has 2 aromatic heterocycles. The Bertz CT molecular complexity index is 1050. The van der Waals surface area contributed by atoms with Crippen LogP contribution in [0.2, 0.25) is 0 Å². The lowest BCUT2D eigenvalue weighted by Crippen LogP contribution is -2.29. The Morgan fingerprint density at radius 2 is 2.04 bits per heavy atom. The second-order valence-electron chi connectivity index (χ2n) is 4.35. The van der Waals surface area contributed by atoms with E-state index in [2.05, 4.69) is 25.2 Å². The molecule has 0 radical (unpaired) electrons. The molecule has 0 saturated carbocycles. The van der Waals surface area contributed by atoms with E-state index < -0.39 is 26.2 Å². The fourth-order valence-electron chi connectivity index (χ4n) is 1.80. The van der Waals surface area contributed by atoms with Crippen molar-refractivity contribution in [1.29, 1.82) is 0 Å². The maximum Gasteiger partial charge on any atom is 0.325 e. The second kappa shape index (κ2) is 5.49. The van der Waals surface area contributed by atoms with Crippen LogP contribution in [-0.4, -0.2) is 38.6 Å². The number of H-pyrrole nitrogens is 2. The smallest absolute Gasteiger partial charge is 0.313 e. The Labute approximate surface area is 128 Å². The quantitative estimate of drug-likeness (QED) is 0.543.